The average molecular weight is 719 g/mol. The van der Waals surface area contributed by atoms with E-state index < -0.39 is 5.41 Å². The number of rotatable bonds is 3. The van der Waals surface area contributed by atoms with Crippen molar-refractivity contribution in [3.05, 3.63) is 215 Å². The molecule has 0 atom stereocenters. The highest BCUT2D eigenvalue weighted by Gasteiger charge is 2.52. The van der Waals surface area contributed by atoms with E-state index in [1.54, 1.807) is 0 Å². The van der Waals surface area contributed by atoms with Crippen molar-refractivity contribution in [3.8, 4) is 33.8 Å². The van der Waals surface area contributed by atoms with Gasteiger partial charge in [-0.1, -0.05) is 141 Å². The summed E-state index contributed by atoms with van der Waals surface area (Å²) in [6, 6.07) is 64.9. The number of anilines is 6. The van der Waals surface area contributed by atoms with Gasteiger partial charge in [0.1, 0.15) is 0 Å². The van der Waals surface area contributed by atoms with Gasteiger partial charge in [0.2, 0.25) is 0 Å². The zero-order chi connectivity index (χ0) is 37.3. The van der Waals surface area contributed by atoms with Crippen molar-refractivity contribution in [3.63, 3.8) is 0 Å². The molecule has 0 saturated heterocycles. The molecule has 12 rings (SSSR count). The monoisotopic (exact) mass is 718 g/mol. The molecule has 0 fully saturated rings. The first-order chi connectivity index (χ1) is 27.5. The van der Waals surface area contributed by atoms with E-state index in [4.69, 9.17) is 4.74 Å². The lowest BCUT2D eigenvalue weighted by atomic mass is 9.70. The van der Waals surface area contributed by atoms with Crippen LogP contribution in [0.2, 0.25) is 0 Å². The van der Waals surface area contributed by atoms with Crippen LogP contribution in [0.25, 0.3) is 22.3 Å². The smallest absolute Gasteiger partial charge is 0.152 e. The van der Waals surface area contributed by atoms with E-state index in [0.29, 0.717) is 0 Å². The molecule has 3 nitrogen and oxygen atoms in total. The Bertz CT molecular complexity index is 2900. The molecule has 0 aromatic heterocycles. The van der Waals surface area contributed by atoms with Gasteiger partial charge in [0.25, 0.3) is 0 Å². The Labute approximate surface area is 327 Å². The van der Waals surface area contributed by atoms with Crippen LogP contribution in [0.1, 0.15) is 52.8 Å². The lowest BCUT2D eigenvalue weighted by Gasteiger charge is -2.47. The Morgan fingerprint density at radius 2 is 1.04 bits per heavy atom. The Morgan fingerprint density at radius 3 is 1.71 bits per heavy atom. The summed E-state index contributed by atoms with van der Waals surface area (Å²) in [6.45, 7) is 6.94. The minimum absolute atomic E-state index is 0.359. The number of hydrogen-bond donors (Lipinski definition) is 0. The molecule has 2 aliphatic heterocycles. The molecule has 1 spiro atoms. The molecule has 2 aliphatic carbocycles. The van der Waals surface area contributed by atoms with Crippen LogP contribution in [-0.4, -0.2) is 0 Å². The molecule has 4 aliphatic rings. The summed E-state index contributed by atoms with van der Waals surface area (Å²) in [5.74, 6) is 1.76. The molecule has 2 heterocycles. The summed E-state index contributed by atoms with van der Waals surface area (Å²) in [6.07, 6.45) is 0. The van der Waals surface area contributed by atoms with Gasteiger partial charge in [-0.25, -0.2) is 0 Å². The van der Waals surface area contributed by atoms with Crippen LogP contribution < -0.4 is 14.5 Å². The normalized spacial score (nSPS) is 15.1. The maximum Gasteiger partial charge on any atom is 0.152 e. The van der Waals surface area contributed by atoms with Gasteiger partial charge in [-0.15, -0.1) is 0 Å². The molecular formula is C53H38N2O. The van der Waals surface area contributed by atoms with Crippen molar-refractivity contribution < 1.29 is 4.74 Å². The van der Waals surface area contributed by atoms with E-state index in [1.807, 2.05) is 0 Å². The highest BCUT2D eigenvalue weighted by molar-refractivity contribution is 6.00. The minimum Gasteiger partial charge on any atom is -0.453 e. The van der Waals surface area contributed by atoms with Crippen LogP contribution in [0.3, 0.4) is 0 Å². The molecule has 0 N–H and O–H groups in total. The van der Waals surface area contributed by atoms with E-state index in [-0.39, 0.29) is 5.41 Å². The summed E-state index contributed by atoms with van der Waals surface area (Å²) in [5.41, 5.74) is 20.3. The molecule has 0 radical (unpaired) electrons. The van der Waals surface area contributed by atoms with Crippen molar-refractivity contribution in [1.29, 1.82) is 0 Å². The summed E-state index contributed by atoms with van der Waals surface area (Å²) in [7, 11) is 0. The largest absolute Gasteiger partial charge is 0.453 e. The molecule has 0 saturated carbocycles. The van der Waals surface area contributed by atoms with Crippen LogP contribution in [-0.2, 0) is 10.8 Å². The van der Waals surface area contributed by atoms with Crippen LogP contribution >= 0.6 is 0 Å². The third kappa shape index (κ3) is 3.87. The molecule has 8 aromatic carbocycles. The number of benzene rings is 8. The second kappa shape index (κ2) is 11.1. The summed E-state index contributed by atoms with van der Waals surface area (Å²) in [4.78, 5) is 4.95. The SMILES string of the molecule is Cc1cccc2c1N1c3ccccc3C(C)(C)c3c(N(c4ccccc4)c4ccc5c(c4)C4(c6ccccc6-c6ccccc64)c4ccccc4-5)ccc(c31)O2. The standard InChI is InChI=1S/C53H38N2O/c1-33-16-15-27-47-50(33)55-45-26-14-13-25-43(45)52(2,3)49-46(30-31-48(56-47)51(49)55)54(34-17-5-4-6-18-34)35-28-29-39-38-21-9-12-24-42(38)53(44(39)32-35)40-22-10-7-19-36(40)37-20-8-11-23-41(37)53/h4-32H,1-3H3. The zero-order valence-electron chi connectivity index (χ0n) is 31.5. The van der Waals surface area contributed by atoms with Crippen molar-refractivity contribution in [2.24, 2.45) is 0 Å². The van der Waals surface area contributed by atoms with Crippen LogP contribution in [0.15, 0.2) is 176 Å². The summed E-state index contributed by atoms with van der Waals surface area (Å²) in [5, 5.41) is 0. The van der Waals surface area contributed by atoms with Crippen LogP contribution in [0.5, 0.6) is 11.5 Å². The fraction of sp³-hybridized carbons (Fsp3) is 0.0943. The molecular weight excluding hydrogens is 681 g/mol. The van der Waals surface area contributed by atoms with Gasteiger partial charge in [-0.2, -0.15) is 0 Å². The molecule has 0 amide bonds. The predicted octanol–water partition coefficient (Wildman–Crippen LogP) is 14.0. The number of para-hydroxylation sites is 3. The van der Waals surface area contributed by atoms with E-state index in [1.165, 1.54) is 66.9 Å². The van der Waals surface area contributed by atoms with E-state index in [0.717, 1.165) is 39.9 Å². The third-order valence-corrected chi connectivity index (χ3v) is 12.9. The number of fused-ring (bicyclic) bond motifs is 14. The quantitative estimate of drug-likeness (QED) is 0.181. The van der Waals surface area contributed by atoms with Gasteiger partial charge < -0.3 is 14.5 Å². The van der Waals surface area contributed by atoms with Crippen LogP contribution in [0.4, 0.5) is 34.1 Å². The molecule has 0 unspecified atom stereocenters. The Kier molecular flexibility index (Phi) is 6.25. The first-order valence-electron chi connectivity index (χ1n) is 19.6. The first-order valence-corrected chi connectivity index (χ1v) is 19.6. The fourth-order valence-corrected chi connectivity index (χ4v) is 10.7. The number of nitrogens with zero attached hydrogens (tertiary/aromatic N) is 2. The molecule has 56 heavy (non-hydrogen) atoms. The molecule has 3 heteroatoms. The van der Waals surface area contributed by atoms with Crippen molar-refractivity contribution in [2.45, 2.75) is 31.6 Å². The van der Waals surface area contributed by atoms with Gasteiger partial charge in [-0.3, -0.25) is 0 Å². The second-order valence-corrected chi connectivity index (χ2v) is 16.1. The van der Waals surface area contributed by atoms with Gasteiger partial charge in [0.05, 0.1) is 28.2 Å². The lowest BCUT2D eigenvalue weighted by molar-refractivity contribution is 0.471. The van der Waals surface area contributed by atoms with Gasteiger partial charge >= 0.3 is 0 Å². The maximum atomic E-state index is 6.83. The Balaban J connectivity index is 1.16. The van der Waals surface area contributed by atoms with Gasteiger partial charge in [0, 0.05) is 22.4 Å². The Morgan fingerprint density at radius 1 is 0.464 bits per heavy atom. The van der Waals surface area contributed by atoms with Crippen molar-refractivity contribution in [1.82, 2.24) is 0 Å². The Hall–Kier alpha value is -6.84. The number of aryl methyl sites for hydroxylation is 1. The molecule has 266 valence electrons. The van der Waals surface area contributed by atoms with Gasteiger partial charge in [-0.05, 0) is 111 Å². The van der Waals surface area contributed by atoms with E-state index >= 15 is 0 Å². The van der Waals surface area contributed by atoms with E-state index in [2.05, 4.69) is 206 Å². The topological polar surface area (TPSA) is 15.7 Å². The fourth-order valence-electron chi connectivity index (χ4n) is 10.7. The highest BCUT2D eigenvalue weighted by Crippen LogP contribution is 2.65. The zero-order valence-corrected chi connectivity index (χ0v) is 31.5. The first kappa shape index (κ1) is 31.5. The average Bonchev–Trinajstić information content (AvgIpc) is 3.70. The summed E-state index contributed by atoms with van der Waals surface area (Å²) >= 11 is 0. The number of ether oxygens (including phenoxy) is 1. The lowest BCUT2D eigenvalue weighted by Crippen LogP contribution is -2.34. The minimum atomic E-state index is -0.439. The molecule has 8 aromatic rings. The van der Waals surface area contributed by atoms with E-state index in [9.17, 15) is 0 Å². The van der Waals surface area contributed by atoms with Crippen LogP contribution in [0, 0.1) is 6.92 Å². The third-order valence-electron chi connectivity index (χ3n) is 12.9. The number of hydrogen-bond acceptors (Lipinski definition) is 3. The second-order valence-electron chi connectivity index (χ2n) is 16.1. The van der Waals surface area contributed by atoms with Crippen molar-refractivity contribution in [2.75, 3.05) is 9.80 Å². The summed E-state index contributed by atoms with van der Waals surface area (Å²) < 4.78 is 6.83. The van der Waals surface area contributed by atoms with Crippen molar-refractivity contribution >= 4 is 34.1 Å². The van der Waals surface area contributed by atoms with Gasteiger partial charge in [0.15, 0.2) is 11.5 Å². The maximum absolute atomic E-state index is 6.83. The molecule has 0 bridgehead atoms. The predicted molar refractivity (Wildman–Crippen MR) is 229 cm³/mol. The highest BCUT2D eigenvalue weighted by atomic mass is 16.5.